The molecule has 1 aliphatic rings. The highest BCUT2D eigenvalue weighted by molar-refractivity contribution is 5.50. The molecule has 0 saturated heterocycles. The maximum Gasteiger partial charge on any atom is 0.211 e. The van der Waals surface area contributed by atoms with E-state index in [1.807, 2.05) is 24.3 Å². The van der Waals surface area contributed by atoms with E-state index in [4.69, 9.17) is 9.47 Å². The molecule has 28 heavy (non-hydrogen) atoms. The number of hydrogen-bond acceptors (Lipinski definition) is 7. The van der Waals surface area contributed by atoms with Crippen LogP contribution >= 0.6 is 0 Å². The van der Waals surface area contributed by atoms with Gasteiger partial charge in [0, 0.05) is 37.3 Å². The first kappa shape index (κ1) is 18.2. The number of fused-ring (bicyclic) bond motifs is 1. The van der Waals surface area contributed by atoms with Gasteiger partial charge in [-0.05, 0) is 19.1 Å². The lowest BCUT2D eigenvalue weighted by Crippen LogP contribution is -2.36. The minimum absolute atomic E-state index is 0.0214. The topological polar surface area (TPSA) is 85.5 Å². The highest BCUT2D eigenvalue weighted by atomic mass is 16.5. The summed E-state index contributed by atoms with van der Waals surface area (Å²) < 4.78 is 12.9. The minimum Gasteiger partial charge on any atom is -0.497 e. The SMILES string of the molecule is COc1ccc(CN2CCn3c(-c4cccc(O)n4)nnc3C2C)c(OC)c1. The third kappa shape index (κ3) is 3.27. The molecule has 1 aliphatic heterocycles. The largest absolute Gasteiger partial charge is 0.497 e. The zero-order valence-corrected chi connectivity index (χ0v) is 16.2. The van der Waals surface area contributed by atoms with Crippen LogP contribution < -0.4 is 9.47 Å². The van der Waals surface area contributed by atoms with Crippen LogP contribution in [0.1, 0.15) is 24.4 Å². The first-order valence-corrected chi connectivity index (χ1v) is 9.15. The first-order chi connectivity index (χ1) is 13.6. The number of methoxy groups -OCH3 is 2. The fourth-order valence-electron chi connectivity index (χ4n) is 3.58. The summed E-state index contributed by atoms with van der Waals surface area (Å²) in [5.74, 6) is 3.13. The maximum absolute atomic E-state index is 9.66. The Balaban J connectivity index is 1.59. The van der Waals surface area contributed by atoms with E-state index in [0.29, 0.717) is 11.5 Å². The Labute approximate surface area is 163 Å². The summed E-state index contributed by atoms with van der Waals surface area (Å²) in [5.41, 5.74) is 1.72. The summed E-state index contributed by atoms with van der Waals surface area (Å²) >= 11 is 0. The number of aromatic hydroxyl groups is 1. The van der Waals surface area contributed by atoms with Gasteiger partial charge in [0.25, 0.3) is 0 Å². The standard InChI is InChI=1S/C20H23N5O3/c1-13-19-22-23-20(16-5-4-6-18(26)21-16)25(19)10-9-24(13)12-14-7-8-15(27-2)11-17(14)28-3/h4-8,11,13H,9-10,12H2,1-3H3,(H,21,26). The van der Waals surface area contributed by atoms with Crippen LogP contribution in [0.25, 0.3) is 11.5 Å². The van der Waals surface area contributed by atoms with Gasteiger partial charge in [0.15, 0.2) is 11.6 Å². The van der Waals surface area contributed by atoms with Crippen LogP contribution in [0.15, 0.2) is 36.4 Å². The van der Waals surface area contributed by atoms with Crippen LogP contribution in [0.4, 0.5) is 0 Å². The van der Waals surface area contributed by atoms with E-state index in [1.54, 1.807) is 26.4 Å². The van der Waals surface area contributed by atoms with Gasteiger partial charge in [-0.15, -0.1) is 10.2 Å². The molecular weight excluding hydrogens is 358 g/mol. The van der Waals surface area contributed by atoms with Crippen LogP contribution in [0.5, 0.6) is 17.4 Å². The van der Waals surface area contributed by atoms with Gasteiger partial charge in [-0.25, -0.2) is 4.98 Å². The van der Waals surface area contributed by atoms with Crippen molar-refractivity contribution < 1.29 is 14.6 Å². The van der Waals surface area contributed by atoms with Crippen molar-refractivity contribution in [2.45, 2.75) is 26.1 Å². The van der Waals surface area contributed by atoms with E-state index in [0.717, 1.165) is 42.5 Å². The Bertz CT molecular complexity index is 988. The molecule has 0 radical (unpaired) electrons. The molecule has 8 heteroatoms. The summed E-state index contributed by atoms with van der Waals surface area (Å²) in [4.78, 5) is 6.51. The second-order valence-corrected chi connectivity index (χ2v) is 6.74. The van der Waals surface area contributed by atoms with Gasteiger partial charge < -0.3 is 19.1 Å². The fraction of sp³-hybridized carbons (Fsp3) is 0.350. The zero-order valence-electron chi connectivity index (χ0n) is 16.2. The number of benzene rings is 1. The van der Waals surface area contributed by atoms with Crippen molar-refractivity contribution in [2.75, 3.05) is 20.8 Å². The van der Waals surface area contributed by atoms with Gasteiger partial charge in [-0.2, -0.15) is 0 Å². The van der Waals surface area contributed by atoms with Crippen LogP contribution in [0, 0.1) is 0 Å². The molecule has 3 aromatic rings. The Morgan fingerprint density at radius 1 is 1.11 bits per heavy atom. The van der Waals surface area contributed by atoms with E-state index < -0.39 is 0 Å². The van der Waals surface area contributed by atoms with E-state index in [2.05, 4.69) is 31.6 Å². The van der Waals surface area contributed by atoms with Crippen molar-refractivity contribution >= 4 is 0 Å². The molecule has 0 bridgehead atoms. The predicted molar refractivity (Wildman–Crippen MR) is 103 cm³/mol. The number of pyridine rings is 1. The van der Waals surface area contributed by atoms with Crippen LogP contribution in [0.2, 0.25) is 0 Å². The molecule has 3 heterocycles. The van der Waals surface area contributed by atoms with Crippen LogP contribution in [0.3, 0.4) is 0 Å². The maximum atomic E-state index is 9.66. The number of nitrogens with zero attached hydrogens (tertiary/aromatic N) is 5. The molecular formula is C20H23N5O3. The zero-order chi connectivity index (χ0) is 19.7. The highest BCUT2D eigenvalue weighted by Gasteiger charge is 2.29. The van der Waals surface area contributed by atoms with Crippen molar-refractivity contribution in [1.82, 2.24) is 24.6 Å². The Morgan fingerprint density at radius 2 is 1.96 bits per heavy atom. The molecule has 1 N–H and O–H groups in total. The molecule has 146 valence electrons. The van der Waals surface area contributed by atoms with Gasteiger partial charge in [-0.1, -0.05) is 12.1 Å². The molecule has 1 atom stereocenters. The number of ether oxygens (including phenoxy) is 2. The van der Waals surface area contributed by atoms with E-state index in [-0.39, 0.29) is 11.9 Å². The van der Waals surface area contributed by atoms with Gasteiger partial charge >= 0.3 is 0 Å². The third-order valence-electron chi connectivity index (χ3n) is 5.14. The lowest BCUT2D eigenvalue weighted by molar-refractivity contribution is 0.155. The van der Waals surface area contributed by atoms with Gasteiger partial charge in [-0.3, -0.25) is 4.90 Å². The number of rotatable bonds is 5. The third-order valence-corrected chi connectivity index (χ3v) is 5.14. The molecule has 0 spiro atoms. The Morgan fingerprint density at radius 3 is 2.71 bits per heavy atom. The van der Waals surface area contributed by atoms with Gasteiger partial charge in [0.05, 0.1) is 20.3 Å². The average Bonchev–Trinajstić information content (AvgIpc) is 3.15. The van der Waals surface area contributed by atoms with E-state index >= 15 is 0 Å². The molecule has 1 aromatic carbocycles. The minimum atomic E-state index is -0.0214. The monoisotopic (exact) mass is 381 g/mol. The predicted octanol–water partition coefficient (Wildman–Crippen LogP) is 2.64. The van der Waals surface area contributed by atoms with Crippen molar-refractivity contribution in [3.8, 4) is 28.9 Å². The quantitative estimate of drug-likeness (QED) is 0.727. The summed E-state index contributed by atoms with van der Waals surface area (Å²) in [6.45, 7) is 4.45. The molecule has 0 saturated carbocycles. The number of aromatic nitrogens is 4. The molecule has 4 rings (SSSR count). The lowest BCUT2D eigenvalue weighted by atomic mass is 10.1. The molecule has 8 nitrogen and oxygen atoms in total. The normalized spacial score (nSPS) is 16.6. The van der Waals surface area contributed by atoms with Crippen molar-refractivity contribution in [3.05, 3.63) is 47.8 Å². The van der Waals surface area contributed by atoms with Crippen molar-refractivity contribution in [1.29, 1.82) is 0 Å². The van der Waals surface area contributed by atoms with Crippen molar-refractivity contribution in [3.63, 3.8) is 0 Å². The molecule has 0 aliphatic carbocycles. The Kier molecular flexibility index (Phi) is 4.87. The smallest absolute Gasteiger partial charge is 0.211 e. The fourth-order valence-corrected chi connectivity index (χ4v) is 3.58. The van der Waals surface area contributed by atoms with Crippen LogP contribution in [-0.4, -0.2) is 50.5 Å². The van der Waals surface area contributed by atoms with Crippen LogP contribution in [-0.2, 0) is 13.1 Å². The Hall–Kier alpha value is -3.13. The molecule has 2 aromatic heterocycles. The van der Waals surface area contributed by atoms with Gasteiger partial charge in [0.2, 0.25) is 5.88 Å². The highest BCUT2D eigenvalue weighted by Crippen LogP contribution is 2.32. The molecule has 0 fully saturated rings. The second kappa shape index (κ2) is 7.47. The van der Waals surface area contributed by atoms with E-state index in [1.165, 1.54) is 0 Å². The summed E-state index contributed by atoms with van der Waals surface area (Å²) in [6, 6.07) is 11.1. The van der Waals surface area contributed by atoms with Crippen molar-refractivity contribution in [2.24, 2.45) is 0 Å². The molecule has 1 unspecified atom stereocenters. The first-order valence-electron chi connectivity index (χ1n) is 9.15. The van der Waals surface area contributed by atoms with Gasteiger partial charge in [0.1, 0.15) is 17.2 Å². The number of hydrogen-bond donors (Lipinski definition) is 1. The molecule has 0 amide bonds. The summed E-state index contributed by atoms with van der Waals surface area (Å²) in [7, 11) is 3.32. The van der Waals surface area contributed by atoms with E-state index in [9.17, 15) is 5.11 Å². The lowest BCUT2D eigenvalue weighted by Gasteiger charge is -2.34. The average molecular weight is 381 g/mol. The summed E-state index contributed by atoms with van der Waals surface area (Å²) in [6.07, 6.45) is 0. The summed E-state index contributed by atoms with van der Waals surface area (Å²) in [5, 5.41) is 18.4. The second-order valence-electron chi connectivity index (χ2n) is 6.74.